The molecular weight excluding hydrogens is 242 g/mol. The second-order valence-electron chi connectivity index (χ2n) is 5.12. The number of ether oxygens (including phenoxy) is 1. The van der Waals surface area contributed by atoms with Crippen molar-refractivity contribution in [3.8, 4) is 0 Å². The summed E-state index contributed by atoms with van der Waals surface area (Å²) in [4.78, 5) is 18.4. The van der Waals surface area contributed by atoms with E-state index in [-0.39, 0.29) is 11.8 Å². The summed E-state index contributed by atoms with van der Waals surface area (Å²) in [5.41, 5.74) is 0.786. The lowest BCUT2D eigenvalue weighted by atomic mass is 9.85. The maximum Gasteiger partial charge on any atom is 0.227 e. The lowest BCUT2D eigenvalue weighted by Crippen LogP contribution is -2.36. The van der Waals surface area contributed by atoms with E-state index in [1.165, 1.54) is 6.42 Å². The summed E-state index contributed by atoms with van der Waals surface area (Å²) in [7, 11) is 0. The van der Waals surface area contributed by atoms with Crippen LogP contribution in [0.5, 0.6) is 0 Å². The van der Waals surface area contributed by atoms with E-state index >= 15 is 0 Å². The first kappa shape index (κ1) is 12.4. The summed E-state index contributed by atoms with van der Waals surface area (Å²) in [5, 5.41) is 2.93. The van der Waals surface area contributed by atoms with E-state index in [0.29, 0.717) is 0 Å². The van der Waals surface area contributed by atoms with Gasteiger partial charge in [0.05, 0.1) is 25.1 Å². The van der Waals surface area contributed by atoms with Gasteiger partial charge < -0.3 is 15.0 Å². The molecule has 1 saturated heterocycles. The molecule has 0 atom stereocenters. The molecule has 0 aromatic carbocycles. The van der Waals surface area contributed by atoms with E-state index in [4.69, 9.17) is 4.74 Å². The van der Waals surface area contributed by atoms with Gasteiger partial charge in [0, 0.05) is 19.0 Å². The van der Waals surface area contributed by atoms with Crippen LogP contribution >= 0.6 is 0 Å². The number of hydrogen-bond acceptors (Lipinski definition) is 4. The molecule has 5 nitrogen and oxygen atoms in total. The van der Waals surface area contributed by atoms with Crippen LogP contribution in [0.4, 0.5) is 11.5 Å². The molecule has 1 saturated carbocycles. The minimum absolute atomic E-state index is 0.132. The Hall–Kier alpha value is -1.62. The molecule has 1 aromatic heterocycles. The van der Waals surface area contributed by atoms with E-state index in [1.54, 1.807) is 6.20 Å². The third-order valence-corrected chi connectivity index (χ3v) is 3.83. The molecule has 102 valence electrons. The molecule has 5 heteroatoms. The third kappa shape index (κ3) is 2.87. The van der Waals surface area contributed by atoms with Gasteiger partial charge in [0.25, 0.3) is 0 Å². The topological polar surface area (TPSA) is 54.5 Å². The highest BCUT2D eigenvalue weighted by atomic mass is 16.5. The van der Waals surface area contributed by atoms with Crippen LogP contribution in [0.25, 0.3) is 0 Å². The molecule has 2 aliphatic rings. The Morgan fingerprint density at radius 1 is 1.32 bits per heavy atom. The van der Waals surface area contributed by atoms with Gasteiger partial charge in [0.1, 0.15) is 5.82 Å². The molecule has 1 aliphatic carbocycles. The Morgan fingerprint density at radius 2 is 2.11 bits per heavy atom. The highest BCUT2D eigenvalue weighted by molar-refractivity contribution is 5.92. The van der Waals surface area contributed by atoms with E-state index in [0.717, 1.165) is 50.7 Å². The molecule has 1 aromatic rings. The van der Waals surface area contributed by atoms with Gasteiger partial charge in [-0.1, -0.05) is 6.42 Å². The van der Waals surface area contributed by atoms with E-state index in [2.05, 4.69) is 15.2 Å². The summed E-state index contributed by atoms with van der Waals surface area (Å²) in [6.07, 6.45) is 4.95. The predicted octanol–water partition coefficient (Wildman–Crippen LogP) is 1.66. The number of aromatic nitrogens is 1. The second kappa shape index (κ2) is 5.57. The highest BCUT2D eigenvalue weighted by Crippen LogP contribution is 2.27. The van der Waals surface area contributed by atoms with Crippen molar-refractivity contribution < 1.29 is 9.53 Å². The molecule has 0 unspecified atom stereocenters. The quantitative estimate of drug-likeness (QED) is 0.899. The van der Waals surface area contributed by atoms with Crippen LogP contribution in [-0.4, -0.2) is 37.2 Å². The van der Waals surface area contributed by atoms with Gasteiger partial charge in [-0.15, -0.1) is 0 Å². The molecule has 0 spiro atoms. The van der Waals surface area contributed by atoms with Gasteiger partial charge >= 0.3 is 0 Å². The minimum Gasteiger partial charge on any atom is -0.378 e. The lowest BCUT2D eigenvalue weighted by Gasteiger charge is -2.28. The second-order valence-corrected chi connectivity index (χ2v) is 5.12. The van der Waals surface area contributed by atoms with E-state index in [1.807, 2.05) is 12.1 Å². The fraction of sp³-hybridized carbons (Fsp3) is 0.571. The number of carbonyl (C=O) groups is 1. The van der Waals surface area contributed by atoms with E-state index < -0.39 is 0 Å². The Morgan fingerprint density at radius 3 is 2.68 bits per heavy atom. The first-order valence-corrected chi connectivity index (χ1v) is 6.92. The molecule has 19 heavy (non-hydrogen) atoms. The number of pyridine rings is 1. The molecule has 3 rings (SSSR count). The smallest absolute Gasteiger partial charge is 0.227 e. The monoisotopic (exact) mass is 261 g/mol. The number of nitrogens with one attached hydrogen (secondary N) is 1. The van der Waals surface area contributed by atoms with Crippen molar-refractivity contribution in [1.29, 1.82) is 0 Å². The highest BCUT2D eigenvalue weighted by Gasteiger charge is 2.25. The number of anilines is 2. The summed E-state index contributed by atoms with van der Waals surface area (Å²) >= 11 is 0. The van der Waals surface area contributed by atoms with Crippen molar-refractivity contribution in [3.63, 3.8) is 0 Å². The van der Waals surface area contributed by atoms with Crippen LogP contribution in [0, 0.1) is 5.92 Å². The average Bonchev–Trinajstić information content (AvgIpc) is 2.38. The fourth-order valence-electron chi connectivity index (χ4n) is 2.35. The number of amides is 1. The standard InChI is InChI=1S/C14H19N3O2/c18-14(11-2-1-3-11)16-12-4-5-13(15-10-12)17-6-8-19-9-7-17/h4-5,10-11H,1-3,6-9H2,(H,16,18). The van der Waals surface area contributed by atoms with Crippen LogP contribution < -0.4 is 10.2 Å². The predicted molar refractivity (Wildman–Crippen MR) is 73.2 cm³/mol. The molecular formula is C14H19N3O2. The summed E-state index contributed by atoms with van der Waals surface area (Å²) in [6.45, 7) is 3.26. The van der Waals surface area contributed by atoms with Crippen molar-refractivity contribution >= 4 is 17.4 Å². The Bertz CT molecular complexity index is 437. The van der Waals surface area contributed by atoms with Crippen molar-refractivity contribution in [2.45, 2.75) is 19.3 Å². The number of morpholine rings is 1. The SMILES string of the molecule is O=C(Nc1ccc(N2CCOCC2)nc1)C1CCC1. The van der Waals surface area contributed by atoms with Crippen molar-refractivity contribution in [2.75, 3.05) is 36.5 Å². The van der Waals surface area contributed by atoms with Crippen LogP contribution in [0.2, 0.25) is 0 Å². The normalized spacial score (nSPS) is 19.9. The van der Waals surface area contributed by atoms with Crippen LogP contribution in [0.3, 0.4) is 0 Å². The van der Waals surface area contributed by atoms with E-state index in [9.17, 15) is 4.79 Å². The molecule has 2 heterocycles. The fourth-order valence-corrected chi connectivity index (χ4v) is 2.35. The maximum absolute atomic E-state index is 11.8. The first-order valence-electron chi connectivity index (χ1n) is 6.92. The van der Waals surface area contributed by atoms with Gasteiger partial charge in [0.15, 0.2) is 0 Å². The van der Waals surface area contributed by atoms with Crippen molar-refractivity contribution in [2.24, 2.45) is 5.92 Å². The van der Waals surface area contributed by atoms with Gasteiger partial charge in [-0.25, -0.2) is 4.98 Å². The first-order chi connectivity index (χ1) is 9.33. The number of carbonyl (C=O) groups excluding carboxylic acids is 1. The molecule has 1 N–H and O–H groups in total. The Balaban J connectivity index is 1.59. The maximum atomic E-state index is 11.8. The Kier molecular flexibility index (Phi) is 3.64. The Labute approximate surface area is 113 Å². The van der Waals surface area contributed by atoms with Crippen LogP contribution in [0.1, 0.15) is 19.3 Å². The van der Waals surface area contributed by atoms with Gasteiger partial charge in [-0.2, -0.15) is 0 Å². The molecule has 1 amide bonds. The summed E-state index contributed by atoms with van der Waals surface area (Å²) in [5.74, 6) is 1.29. The lowest BCUT2D eigenvalue weighted by molar-refractivity contribution is -0.122. The zero-order valence-electron chi connectivity index (χ0n) is 11.0. The van der Waals surface area contributed by atoms with Gasteiger partial charge in [-0.3, -0.25) is 4.79 Å². The molecule has 2 fully saturated rings. The molecule has 0 bridgehead atoms. The zero-order chi connectivity index (χ0) is 13.1. The minimum atomic E-state index is 0.132. The largest absolute Gasteiger partial charge is 0.378 e. The average molecular weight is 261 g/mol. The number of hydrogen-bond donors (Lipinski definition) is 1. The number of nitrogens with zero attached hydrogens (tertiary/aromatic N) is 2. The zero-order valence-corrected chi connectivity index (χ0v) is 11.0. The van der Waals surface area contributed by atoms with Gasteiger partial charge in [0.2, 0.25) is 5.91 Å². The molecule has 1 aliphatic heterocycles. The van der Waals surface area contributed by atoms with Crippen LogP contribution in [-0.2, 0) is 9.53 Å². The van der Waals surface area contributed by atoms with Crippen LogP contribution in [0.15, 0.2) is 18.3 Å². The number of rotatable bonds is 3. The molecule has 0 radical (unpaired) electrons. The van der Waals surface area contributed by atoms with Crippen molar-refractivity contribution in [1.82, 2.24) is 4.98 Å². The summed E-state index contributed by atoms with van der Waals surface area (Å²) < 4.78 is 5.32. The third-order valence-electron chi connectivity index (χ3n) is 3.83. The van der Waals surface area contributed by atoms with Crippen molar-refractivity contribution in [3.05, 3.63) is 18.3 Å². The van der Waals surface area contributed by atoms with Gasteiger partial charge in [-0.05, 0) is 25.0 Å². The summed E-state index contributed by atoms with van der Waals surface area (Å²) in [6, 6.07) is 3.88.